The van der Waals surface area contributed by atoms with E-state index < -0.39 is 115 Å². The van der Waals surface area contributed by atoms with Gasteiger partial charge in [-0.15, -0.1) is 0 Å². The fourth-order valence-corrected chi connectivity index (χ4v) is 11.1. The quantitative estimate of drug-likeness (QED) is 0.0192. The third kappa shape index (κ3) is 30.4. The lowest BCUT2D eigenvalue weighted by Gasteiger charge is -2.45. The number of guanidine groups is 1. The third-order valence-corrected chi connectivity index (χ3v) is 17.1. The Morgan fingerprint density at radius 1 is 0.726 bits per heavy atom. The van der Waals surface area contributed by atoms with E-state index in [2.05, 4.69) is 48.5 Å². The molecule has 12 N–H and O–H groups in total. The Morgan fingerprint density at radius 2 is 1.36 bits per heavy atom. The minimum Gasteiger partial charge on any atom is -0.462 e. The highest BCUT2D eigenvalue weighted by molar-refractivity contribution is 5.88. The maximum absolute atomic E-state index is 13.7. The molecular formula is C66H117N3O15. The number of nitrogens with one attached hydrogen (secondary N) is 2. The predicted molar refractivity (Wildman–Crippen MR) is 331 cm³/mol. The average molecular weight is 1190 g/mol. The molecule has 0 aromatic heterocycles. The molecule has 18 nitrogen and oxygen atoms in total. The van der Waals surface area contributed by atoms with Crippen LogP contribution in [0.3, 0.4) is 0 Å². The Kier molecular flexibility index (Phi) is 37.9. The van der Waals surface area contributed by atoms with Crippen molar-refractivity contribution < 1.29 is 74.9 Å². The number of unbranched alkanes of at least 4 members (excludes halogenated alkanes) is 7. The molecule has 0 aromatic rings. The molecule has 84 heavy (non-hydrogen) atoms. The number of hydrogen-bond donors (Lipinski definition) is 12. The number of esters is 2. The second kappa shape index (κ2) is 41.6. The van der Waals surface area contributed by atoms with Crippen LogP contribution in [0.1, 0.15) is 204 Å². The van der Waals surface area contributed by atoms with Crippen molar-refractivity contribution in [2.75, 3.05) is 20.6 Å². The molecule has 0 spiro atoms. The summed E-state index contributed by atoms with van der Waals surface area (Å²) in [6.07, 6.45) is 11.8. The second-order valence-electron chi connectivity index (χ2n) is 25.3. The van der Waals surface area contributed by atoms with E-state index in [1.165, 1.54) is 12.8 Å². The van der Waals surface area contributed by atoms with Crippen LogP contribution in [0.15, 0.2) is 64.7 Å². The van der Waals surface area contributed by atoms with Crippen LogP contribution in [0.4, 0.5) is 0 Å². The molecule has 1 saturated heterocycles. The fourth-order valence-electron chi connectivity index (χ4n) is 11.1. The first-order valence-corrected chi connectivity index (χ1v) is 31.9. The van der Waals surface area contributed by atoms with Crippen molar-refractivity contribution in [3.05, 3.63) is 59.8 Å². The first-order valence-electron chi connectivity index (χ1n) is 31.9. The van der Waals surface area contributed by atoms with Gasteiger partial charge in [0.05, 0.1) is 54.9 Å². The zero-order valence-corrected chi connectivity index (χ0v) is 53.2. The zero-order chi connectivity index (χ0) is 62.9. The van der Waals surface area contributed by atoms with Gasteiger partial charge in [-0.05, 0) is 95.0 Å². The van der Waals surface area contributed by atoms with Crippen molar-refractivity contribution >= 4 is 17.9 Å². The predicted octanol–water partition coefficient (Wildman–Crippen LogP) is 7.93. The Morgan fingerprint density at radius 3 is 2.02 bits per heavy atom. The van der Waals surface area contributed by atoms with E-state index in [1.54, 1.807) is 72.0 Å². The van der Waals surface area contributed by atoms with E-state index in [1.807, 2.05) is 20.0 Å². The standard InChI is InChI=1S/C66H117N3O15/c1-43(2)26-20-16-12-13-18-22-32-61(78)82-53-37-51(70)36-52(71)38-56(73)44(3)28-24-30-48(7)62(47(6)27-21-17-14-15-19-23-35-69-65(67-10)68-11)83-64(80)49(8)31-25-29-45(4)57(74)41-58(75)50(9)55(72)34-33-46(5)60(77)42-66(81)63(79)59(76)40-54(39-53)84-66/h14-15,24-25,28-31,43,45-48,50-60,62-63,70-77,79,81H,12-13,16-23,26-27,32-42H2,1-11H3,(H2,67,68,69)/b15-14+,29-25-,30-24-,44-28-,49-31-/t45-,46-,47-,48+,50-,51+,52+,53-,54-,55+,56-,57-,58-,59+,60-,62-,63-,66+/m0/s1. The molecule has 486 valence electrons. The number of ether oxygens (including phenoxy) is 3. The van der Waals surface area contributed by atoms with Crippen molar-refractivity contribution in [2.24, 2.45) is 40.5 Å². The number of allylic oxidation sites excluding steroid dienone is 6. The van der Waals surface area contributed by atoms with Gasteiger partial charge in [0.25, 0.3) is 0 Å². The molecule has 2 bridgehead atoms. The molecule has 0 saturated carbocycles. The fraction of sp³-hybridized carbons (Fsp3) is 0.803. The molecule has 1 fully saturated rings. The van der Waals surface area contributed by atoms with Gasteiger partial charge in [-0.3, -0.25) is 9.79 Å². The number of hydrogen-bond acceptors (Lipinski definition) is 16. The summed E-state index contributed by atoms with van der Waals surface area (Å²) in [7, 11) is 3.55. The molecule has 2 heterocycles. The summed E-state index contributed by atoms with van der Waals surface area (Å²) in [6, 6.07) is 0. The molecular weight excluding hydrogens is 1070 g/mol. The molecule has 0 aromatic carbocycles. The SMILES string of the molecule is CN=C(NC)NCCC/C=C/CCC[C@H](C)[C@@H]1OC(=O)/C(C)=C\C=C/[C@H](C)[C@@H](O)C[C@H](O)[C@@H](C)[C@H](O)CC[C@H](C)[C@@H](O)C[C@@]2(O)O[C@@H](C[C@@H](OC(=O)CCCCCCCCC(C)C)C[C@H](O)C[C@@H](O)C[C@H](O)/C(C)=C\C=C/[C@H]1C)C[C@@H](O)[C@@H]2O. The van der Waals surface area contributed by atoms with E-state index in [0.29, 0.717) is 23.5 Å². The number of aliphatic imine (C=N–C) groups is 1. The number of fused-ring (bicyclic) bond motifs is 2. The minimum atomic E-state index is -2.43. The minimum absolute atomic E-state index is 0.0328. The first-order chi connectivity index (χ1) is 39.7. The Hall–Kier alpha value is -3.53. The van der Waals surface area contributed by atoms with Crippen LogP contribution < -0.4 is 10.6 Å². The topological polar surface area (TPSA) is 301 Å². The van der Waals surface area contributed by atoms with E-state index in [4.69, 9.17) is 14.2 Å². The monoisotopic (exact) mass is 1190 g/mol. The molecule has 2 rings (SSSR count). The van der Waals surface area contributed by atoms with Crippen LogP contribution in [-0.2, 0) is 23.8 Å². The van der Waals surface area contributed by atoms with Gasteiger partial charge >= 0.3 is 11.9 Å². The Bertz CT molecular complexity index is 2010. The van der Waals surface area contributed by atoms with Gasteiger partial charge in [-0.2, -0.15) is 0 Å². The molecule has 18 atom stereocenters. The average Bonchev–Trinajstić information content (AvgIpc) is 3.61. The van der Waals surface area contributed by atoms with Gasteiger partial charge in [0, 0.05) is 88.9 Å². The maximum Gasteiger partial charge on any atom is 0.334 e. The van der Waals surface area contributed by atoms with E-state index >= 15 is 0 Å². The number of carbonyl (C=O) groups excluding carboxylic acids is 2. The highest BCUT2D eigenvalue weighted by Gasteiger charge is 2.50. The van der Waals surface area contributed by atoms with Gasteiger partial charge in [-0.1, -0.05) is 136 Å². The van der Waals surface area contributed by atoms with Crippen LogP contribution in [0.25, 0.3) is 0 Å². The maximum atomic E-state index is 13.7. The highest BCUT2D eigenvalue weighted by atomic mass is 16.7. The lowest BCUT2D eigenvalue weighted by Crippen LogP contribution is -2.60. The number of aliphatic hydroxyl groups is 10. The van der Waals surface area contributed by atoms with Gasteiger partial charge in [0.15, 0.2) is 11.7 Å². The van der Waals surface area contributed by atoms with Crippen LogP contribution in [0.5, 0.6) is 0 Å². The summed E-state index contributed by atoms with van der Waals surface area (Å²) >= 11 is 0. The van der Waals surface area contributed by atoms with Crippen molar-refractivity contribution in [3.8, 4) is 0 Å². The van der Waals surface area contributed by atoms with Crippen molar-refractivity contribution in [2.45, 2.75) is 283 Å². The molecule has 0 aliphatic carbocycles. The highest BCUT2D eigenvalue weighted by Crippen LogP contribution is 2.36. The normalized spacial score (nSPS) is 35.6. The van der Waals surface area contributed by atoms with E-state index in [-0.39, 0.29) is 69.6 Å². The second-order valence-corrected chi connectivity index (χ2v) is 25.3. The lowest BCUT2D eigenvalue weighted by molar-refractivity contribution is -0.333. The summed E-state index contributed by atoms with van der Waals surface area (Å²) < 4.78 is 18.3. The van der Waals surface area contributed by atoms with Crippen LogP contribution >= 0.6 is 0 Å². The first kappa shape index (κ1) is 76.6. The lowest BCUT2D eigenvalue weighted by atomic mass is 9.84. The van der Waals surface area contributed by atoms with Crippen LogP contribution in [0.2, 0.25) is 0 Å². The number of aliphatic hydroxyl groups excluding tert-OH is 9. The smallest absolute Gasteiger partial charge is 0.334 e. The Labute approximate surface area is 505 Å². The number of rotatable bonds is 19. The summed E-state index contributed by atoms with van der Waals surface area (Å²) in [5.41, 5.74) is 0.894. The number of cyclic esters (lactones) is 1. The van der Waals surface area contributed by atoms with Crippen molar-refractivity contribution in [1.82, 2.24) is 10.6 Å². The van der Waals surface area contributed by atoms with Gasteiger partial charge in [0.1, 0.15) is 18.3 Å². The molecule has 18 heteroatoms. The summed E-state index contributed by atoms with van der Waals surface area (Å²) in [6.45, 7) is 17.8. The Balaban J connectivity index is 2.42. The van der Waals surface area contributed by atoms with Crippen molar-refractivity contribution in [3.63, 3.8) is 0 Å². The number of carbonyl (C=O) groups is 2. The van der Waals surface area contributed by atoms with Crippen LogP contribution in [0, 0.1) is 35.5 Å². The number of nitrogens with zero attached hydrogens (tertiary/aromatic N) is 1. The molecule has 0 unspecified atom stereocenters. The molecule has 0 amide bonds. The van der Waals surface area contributed by atoms with Gasteiger partial charge in [-0.25, -0.2) is 4.79 Å². The van der Waals surface area contributed by atoms with Crippen molar-refractivity contribution in [1.29, 1.82) is 0 Å². The molecule has 2 aliphatic heterocycles. The van der Waals surface area contributed by atoms with E-state index in [9.17, 15) is 60.7 Å². The summed E-state index contributed by atoms with van der Waals surface area (Å²) in [4.78, 5) is 31.2. The van der Waals surface area contributed by atoms with Crippen LogP contribution in [-0.4, -0.2) is 169 Å². The summed E-state index contributed by atoms with van der Waals surface area (Å²) in [5, 5.41) is 119. The van der Waals surface area contributed by atoms with E-state index in [0.717, 1.165) is 70.3 Å². The molecule has 2 aliphatic rings. The molecule has 0 radical (unpaired) electrons. The van der Waals surface area contributed by atoms with Gasteiger partial charge in [0.2, 0.25) is 0 Å². The van der Waals surface area contributed by atoms with Gasteiger partial charge < -0.3 is 75.9 Å². The zero-order valence-electron chi connectivity index (χ0n) is 53.2. The largest absolute Gasteiger partial charge is 0.462 e. The third-order valence-electron chi connectivity index (χ3n) is 17.1. The summed E-state index contributed by atoms with van der Waals surface area (Å²) in [5.74, 6) is -3.97.